The molecule has 1 aromatic carbocycles. The number of hydrogen-bond donors (Lipinski definition) is 2. The van der Waals surface area contributed by atoms with Crippen LogP contribution in [0.2, 0.25) is 0 Å². The van der Waals surface area contributed by atoms with E-state index in [0.717, 1.165) is 28.6 Å². The van der Waals surface area contributed by atoms with Gasteiger partial charge >= 0.3 is 6.09 Å². The van der Waals surface area contributed by atoms with Crippen molar-refractivity contribution in [1.29, 1.82) is 0 Å². The van der Waals surface area contributed by atoms with Crippen LogP contribution in [0.5, 0.6) is 0 Å². The number of piperazine rings is 1. The monoisotopic (exact) mass is 359 g/mol. The van der Waals surface area contributed by atoms with E-state index in [0.29, 0.717) is 13.1 Å². The van der Waals surface area contributed by atoms with Crippen molar-refractivity contribution in [3.05, 3.63) is 24.3 Å². The van der Waals surface area contributed by atoms with Crippen molar-refractivity contribution in [3.63, 3.8) is 0 Å². The molecule has 0 unspecified atom stereocenters. The number of nitrogens with zero attached hydrogens (tertiary/aromatic N) is 2. The van der Waals surface area contributed by atoms with Gasteiger partial charge in [-0.05, 0) is 18.6 Å². The fourth-order valence-electron chi connectivity index (χ4n) is 2.39. The Bertz CT molecular complexity index is 604. The summed E-state index contributed by atoms with van der Waals surface area (Å²) >= 11 is 3.47. The van der Waals surface area contributed by atoms with Gasteiger partial charge in [-0.3, -0.25) is 0 Å². The Kier molecular flexibility index (Phi) is 6.31. The molecule has 0 aliphatic carbocycles. The predicted octanol–water partition coefficient (Wildman–Crippen LogP) is 3.15. The molecule has 0 saturated carbocycles. The van der Waals surface area contributed by atoms with Crippen molar-refractivity contribution >= 4 is 51.8 Å². The largest absolute Gasteiger partial charge is 0.465 e. The standard InChI is InChI=1S/C14H17N3O2S2.ClH/c18-14(19)17-7-6-15-10(9-17)5-8-20-13-16-11-3-1-2-4-12(11)21-13;/h1-4,10,15H,5-9H2,(H,18,19);1H/t10-;/m1./s1. The number of hydrogen-bond acceptors (Lipinski definition) is 5. The summed E-state index contributed by atoms with van der Waals surface area (Å²) in [4.78, 5) is 17.1. The van der Waals surface area contributed by atoms with Gasteiger partial charge in [-0.2, -0.15) is 0 Å². The highest BCUT2D eigenvalue weighted by molar-refractivity contribution is 8.01. The first-order chi connectivity index (χ1) is 10.2. The summed E-state index contributed by atoms with van der Waals surface area (Å²) in [6, 6.07) is 8.40. The third kappa shape index (κ3) is 4.25. The zero-order valence-electron chi connectivity index (χ0n) is 11.9. The summed E-state index contributed by atoms with van der Waals surface area (Å²) in [7, 11) is 0. The molecule has 22 heavy (non-hydrogen) atoms. The molecule has 8 heteroatoms. The van der Waals surface area contributed by atoms with Gasteiger partial charge in [0.15, 0.2) is 4.34 Å². The molecule has 2 N–H and O–H groups in total. The van der Waals surface area contributed by atoms with Crippen molar-refractivity contribution in [2.45, 2.75) is 16.8 Å². The number of halogens is 1. The van der Waals surface area contributed by atoms with E-state index in [4.69, 9.17) is 5.11 Å². The molecule has 5 nitrogen and oxygen atoms in total. The van der Waals surface area contributed by atoms with Crippen LogP contribution in [0.15, 0.2) is 28.6 Å². The Hall–Kier alpha value is -1.02. The molecular weight excluding hydrogens is 342 g/mol. The van der Waals surface area contributed by atoms with Crippen LogP contribution in [0.1, 0.15) is 6.42 Å². The van der Waals surface area contributed by atoms with E-state index in [1.54, 1.807) is 23.1 Å². The zero-order chi connectivity index (χ0) is 14.7. The Balaban J connectivity index is 0.00000176. The third-order valence-electron chi connectivity index (χ3n) is 3.49. The maximum absolute atomic E-state index is 11.0. The Labute approximate surface area is 143 Å². The normalized spacial score (nSPS) is 18.2. The molecular formula is C14H18ClN3O2S2. The van der Waals surface area contributed by atoms with E-state index >= 15 is 0 Å². The molecule has 120 valence electrons. The van der Waals surface area contributed by atoms with E-state index < -0.39 is 6.09 Å². The topological polar surface area (TPSA) is 65.5 Å². The van der Waals surface area contributed by atoms with Gasteiger partial charge in [-0.15, -0.1) is 23.7 Å². The molecule has 3 rings (SSSR count). The minimum absolute atomic E-state index is 0. The number of nitrogens with one attached hydrogen (secondary N) is 1. The number of thioether (sulfide) groups is 1. The number of amides is 1. The second-order valence-electron chi connectivity index (χ2n) is 4.96. The summed E-state index contributed by atoms with van der Waals surface area (Å²) in [5.41, 5.74) is 1.05. The van der Waals surface area contributed by atoms with E-state index in [1.165, 1.54) is 9.60 Å². The van der Waals surface area contributed by atoms with Crippen LogP contribution in [0.3, 0.4) is 0 Å². The molecule has 0 radical (unpaired) electrons. The van der Waals surface area contributed by atoms with Crippen LogP contribution in [0.4, 0.5) is 4.79 Å². The fourth-order valence-corrected chi connectivity index (χ4v) is 4.59. The van der Waals surface area contributed by atoms with Gasteiger partial charge in [0.25, 0.3) is 0 Å². The summed E-state index contributed by atoms with van der Waals surface area (Å²) in [6.07, 6.45) is 0.130. The molecule has 2 heterocycles. The van der Waals surface area contributed by atoms with Crippen LogP contribution >= 0.6 is 35.5 Å². The molecule has 1 fully saturated rings. The zero-order valence-corrected chi connectivity index (χ0v) is 14.3. The van der Waals surface area contributed by atoms with Crippen molar-refractivity contribution in [3.8, 4) is 0 Å². The van der Waals surface area contributed by atoms with Gasteiger partial charge in [0.1, 0.15) is 0 Å². The molecule has 2 aromatic rings. The van der Waals surface area contributed by atoms with Crippen LogP contribution in [0, 0.1) is 0 Å². The van der Waals surface area contributed by atoms with E-state index in [1.807, 2.05) is 18.2 Å². The summed E-state index contributed by atoms with van der Waals surface area (Å²) in [5, 5.41) is 12.4. The van der Waals surface area contributed by atoms with Crippen LogP contribution in [0.25, 0.3) is 10.2 Å². The Morgan fingerprint density at radius 2 is 2.32 bits per heavy atom. The second-order valence-corrected chi connectivity index (χ2v) is 7.34. The first-order valence-corrected chi connectivity index (χ1v) is 8.72. The maximum Gasteiger partial charge on any atom is 0.407 e. The van der Waals surface area contributed by atoms with Gasteiger partial charge in [0, 0.05) is 31.4 Å². The van der Waals surface area contributed by atoms with Crippen molar-refractivity contribution in [2.24, 2.45) is 0 Å². The minimum Gasteiger partial charge on any atom is -0.465 e. The summed E-state index contributed by atoms with van der Waals surface area (Å²) in [6.45, 7) is 1.90. The predicted molar refractivity (Wildman–Crippen MR) is 93.6 cm³/mol. The number of thiazole rings is 1. The lowest BCUT2D eigenvalue weighted by Gasteiger charge is -2.31. The van der Waals surface area contributed by atoms with Gasteiger partial charge in [0.2, 0.25) is 0 Å². The first kappa shape index (κ1) is 17.3. The molecule has 0 spiro atoms. The molecule has 1 amide bonds. The van der Waals surface area contributed by atoms with Crippen molar-refractivity contribution in [2.75, 3.05) is 25.4 Å². The number of rotatable bonds is 4. The lowest BCUT2D eigenvalue weighted by atomic mass is 10.2. The summed E-state index contributed by atoms with van der Waals surface area (Å²) in [5.74, 6) is 0.949. The average molecular weight is 360 g/mol. The van der Waals surface area contributed by atoms with Gasteiger partial charge < -0.3 is 15.3 Å². The van der Waals surface area contributed by atoms with Crippen LogP contribution in [-0.4, -0.2) is 52.5 Å². The van der Waals surface area contributed by atoms with Gasteiger partial charge in [0.05, 0.1) is 10.2 Å². The molecule has 1 aliphatic heterocycles. The Morgan fingerprint density at radius 3 is 3.09 bits per heavy atom. The van der Waals surface area contributed by atoms with Gasteiger partial charge in [-0.1, -0.05) is 23.9 Å². The van der Waals surface area contributed by atoms with Crippen LogP contribution in [-0.2, 0) is 0 Å². The number of benzene rings is 1. The molecule has 1 aromatic heterocycles. The molecule has 0 bridgehead atoms. The molecule has 1 aliphatic rings. The Morgan fingerprint density at radius 1 is 1.50 bits per heavy atom. The average Bonchev–Trinajstić information content (AvgIpc) is 2.90. The van der Waals surface area contributed by atoms with Crippen molar-refractivity contribution < 1.29 is 9.90 Å². The van der Waals surface area contributed by atoms with Crippen molar-refractivity contribution in [1.82, 2.24) is 15.2 Å². The molecule has 1 saturated heterocycles. The first-order valence-electron chi connectivity index (χ1n) is 6.92. The number of para-hydroxylation sites is 1. The number of fused-ring (bicyclic) bond motifs is 1. The van der Waals surface area contributed by atoms with E-state index in [9.17, 15) is 4.79 Å². The highest BCUT2D eigenvalue weighted by Crippen LogP contribution is 2.29. The highest BCUT2D eigenvalue weighted by atomic mass is 35.5. The third-order valence-corrected chi connectivity index (χ3v) is 5.70. The number of carboxylic acid groups (broad SMARTS) is 1. The SMILES string of the molecule is Cl.O=C(O)N1CCN[C@H](CCSc2nc3ccccc3s2)C1. The van der Waals surface area contributed by atoms with Gasteiger partial charge in [-0.25, -0.2) is 9.78 Å². The number of aromatic nitrogens is 1. The summed E-state index contributed by atoms with van der Waals surface area (Å²) < 4.78 is 2.30. The highest BCUT2D eigenvalue weighted by Gasteiger charge is 2.22. The van der Waals surface area contributed by atoms with E-state index in [2.05, 4.69) is 16.4 Å². The fraction of sp³-hybridized carbons (Fsp3) is 0.429. The number of carbonyl (C=O) groups is 1. The van der Waals surface area contributed by atoms with Crippen LogP contribution < -0.4 is 5.32 Å². The quantitative estimate of drug-likeness (QED) is 0.821. The smallest absolute Gasteiger partial charge is 0.407 e. The molecule has 1 atom stereocenters. The second kappa shape index (κ2) is 8.01. The lowest BCUT2D eigenvalue weighted by molar-refractivity contribution is 0.128. The van der Waals surface area contributed by atoms with E-state index in [-0.39, 0.29) is 18.4 Å². The minimum atomic E-state index is -0.819. The lowest BCUT2D eigenvalue weighted by Crippen LogP contribution is -2.52. The maximum atomic E-state index is 11.0.